The van der Waals surface area contributed by atoms with Crippen LogP contribution in [0.4, 0.5) is 0 Å². The van der Waals surface area contributed by atoms with E-state index in [9.17, 15) is 9.90 Å². The number of aromatic amines is 1. The number of rotatable bonds is 3. The Labute approximate surface area is 118 Å². The first-order valence-electron chi connectivity index (χ1n) is 6.01. The van der Waals surface area contributed by atoms with E-state index in [4.69, 9.17) is 17.3 Å². The van der Waals surface area contributed by atoms with Crippen molar-refractivity contribution in [3.63, 3.8) is 0 Å². The molecule has 20 heavy (non-hydrogen) atoms. The van der Waals surface area contributed by atoms with Crippen LogP contribution in [0.15, 0.2) is 24.3 Å². The van der Waals surface area contributed by atoms with Crippen LogP contribution in [0.1, 0.15) is 12.1 Å². The first kappa shape index (κ1) is 12.6. The number of nitrogens with one attached hydrogen (secondary N) is 1. The van der Waals surface area contributed by atoms with E-state index in [1.54, 1.807) is 0 Å². The van der Waals surface area contributed by atoms with E-state index in [1.165, 1.54) is 4.40 Å². The SMILES string of the molecule is O=C(O)CCc1[nH]c2c3ccccc3nc(=S)n2c1O. The van der Waals surface area contributed by atoms with E-state index < -0.39 is 5.97 Å². The van der Waals surface area contributed by atoms with Crippen LogP contribution >= 0.6 is 12.2 Å². The summed E-state index contributed by atoms with van der Waals surface area (Å²) in [7, 11) is 0. The summed E-state index contributed by atoms with van der Waals surface area (Å²) in [5.41, 5.74) is 1.79. The molecule has 0 aliphatic carbocycles. The van der Waals surface area contributed by atoms with E-state index in [2.05, 4.69) is 9.97 Å². The predicted octanol–water partition coefficient (Wildman–Crippen LogP) is 2.27. The molecule has 0 saturated heterocycles. The third-order valence-electron chi connectivity index (χ3n) is 3.13. The second-order valence-electron chi connectivity index (χ2n) is 4.42. The molecule has 0 spiro atoms. The topological polar surface area (TPSA) is 90.6 Å². The Bertz CT molecular complexity index is 882. The van der Waals surface area contributed by atoms with Crippen molar-refractivity contribution in [1.82, 2.24) is 14.4 Å². The number of nitrogens with zero attached hydrogens (tertiary/aromatic N) is 2. The number of imidazole rings is 1. The molecule has 0 aliphatic rings. The molecule has 2 aromatic heterocycles. The van der Waals surface area contributed by atoms with Crippen molar-refractivity contribution in [1.29, 1.82) is 0 Å². The van der Waals surface area contributed by atoms with Crippen LogP contribution in [0.3, 0.4) is 0 Å². The van der Waals surface area contributed by atoms with Crippen molar-refractivity contribution in [2.24, 2.45) is 0 Å². The van der Waals surface area contributed by atoms with E-state index in [1.807, 2.05) is 24.3 Å². The van der Waals surface area contributed by atoms with Gasteiger partial charge in [-0.05, 0) is 24.4 Å². The molecule has 0 amide bonds. The van der Waals surface area contributed by atoms with Gasteiger partial charge in [0.05, 0.1) is 17.6 Å². The number of carbonyl (C=O) groups is 1. The molecule has 1 aromatic carbocycles. The fourth-order valence-electron chi connectivity index (χ4n) is 2.20. The molecule has 0 fully saturated rings. The summed E-state index contributed by atoms with van der Waals surface area (Å²) in [4.78, 5) is 17.9. The minimum absolute atomic E-state index is 0.0704. The van der Waals surface area contributed by atoms with Gasteiger partial charge < -0.3 is 15.2 Å². The molecule has 0 radical (unpaired) electrons. The van der Waals surface area contributed by atoms with Gasteiger partial charge in [-0.15, -0.1) is 0 Å². The van der Waals surface area contributed by atoms with Crippen molar-refractivity contribution in [2.75, 3.05) is 0 Å². The van der Waals surface area contributed by atoms with Crippen molar-refractivity contribution >= 4 is 34.7 Å². The number of benzene rings is 1. The van der Waals surface area contributed by atoms with E-state index >= 15 is 0 Å². The van der Waals surface area contributed by atoms with Crippen LogP contribution in [0, 0.1) is 4.77 Å². The molecule has 0 saturated carbocycles. The first-order chi connectivity index (χ1) is 9.58. The molecule has 0 bridgehead atoms. The maximum atomic E-state index is 10.6. The van der Waals surface area contributed by atoms with Gasteiger partial charge in [-0.25, -0.2) is 9.38 Å². The second kappa shape index (κ2) is 4.61. The third kappa shape index (κ3) is 1.92. The number of carboxylic acids is 1. The average Bonchev–Trinajstić information content (AvgIpc) is 2.75. The summed E-state index contributed by atoms with van der Waals surface area (Å²) >= 11 is 5.17. The first-order valence-corrected chi connectivity index (χ1v) is 6.42. The maximum absolute atomic E-state index is 10.6. The Hall–Kier alpha value is -2.41. The Morgan fingerprint density at radius 3 is 2.90 bits per heavy atom. The fraction of sp³-hybridized carbons (Fsp3) is 0.154. The van der Waals surface area contributed by atoms with Crippen molar-refractivity contribution < 1.29 is 15.0 Å². The van der Waals surface area contributed by atoms with Crippen LogP contribution in [0.2, 0.25) is 0 Å². The number of carboxylic acid groups (broad SMARTS) is 1. The van der Waals surface area contributed by atoms with Crippen LogP contribution in [-0.4, -0.2) is 30.6 Å². The van der Waals surface area contributed by atoms with E-state index in [0.717, 1.165) is 10.9 Å². The molecule has 6 nitrogen and oxygen atoms in total. The molecular weight excluding hydrogens is 278 g/mol. The summed E-state index contributed by atoms with van der Waals surface area (Å²) in [6.45, 7) is 0. The Morgan fingerprint density at radius 1 is 1.40 bits per heavy atom. The molecule has 3 N–H and O–H groups in total. The normalized spacial score (nSPS) is 11.2. The van der Waals surface area contributed by atoms with Crippen molar-refractivity contribution in [3.05, 3.63) is 34.7 Å². The zero-order chi connectivity index (χ0) is 14.3. The molecule has 0 aliphatic heterocycles. The average molecular weight is 289 g/mol. The molecular formula is C13H11N3O3S. The number of hydrogen-bond acceptors (Lipinski definition) is 4. The van der Waals surface area contributed by atoms with Crippen LogP contribution in [-0.2, 0) is 11.2 Å². The van der Waals surface area contributed by atoms with Crippen LogP contribution in [0.25, 0.3) is 16.6 Å². The molecule has 3 rings (SSSR count). The largest absolute Gasteiger partial charge is 0.493 e. The smallest absolute Gasteiger partial charge is 0.303 e. The minimum Gasteiger partial charge on any atom is -0.493 e. The molecule has 0 atom stereocenters. The van der Waals surface area contributed by atoms with Crippen molar-refractivity contribution in [2.45, 2.75) is 12.8 Å². The zero-order valence-corrected chi connectivity index (χ0v) is 11.1. The zero-order valence-electron chi connectivity index (χ0n) is 10.3. The quantitative estimate of drug-likeness (QED) is 0.643. The fourth-order valence-corrected chi connectivity index (χ4v) is 2.48. The minimum atomic E-state index is -0.922. The monoisotopic (exact) mass is 289 g/mol. The number of aromatic hydroxyl groups is 1. The predicted molar refractivity (Wildman–Crippen MR) is 75.5 cm³/mol. The van der Waals surface area contributed by atoms with E-state index in [0.29, 0.717) is 11.3 Å². The number of H-pyrrole nitrogens is 1. The Balaban J connectivity index is 2.29. The third-order valence-corrected chi connectivity index (χ3v) is 3.40. The number of para-hydroxylation sites is 1. The van der Waals surface area contributed by atoms with E-state index in [-0.39, 0.29) is 23.5 Å². The highest BCUT2D eigenvalue weighted by atomic mass is 32.1. The van der Waals surface area contributed by atoms with Gasteiger partial charge in [0, 0.05) is 11.8 Å². The lowest BCUT2D eigenvalue weighted by Gasteiger charge is -2.00. The van der Waals surface area contributed by atoms with Gasteiger partial charge in [-0.3, -0.25) is 4.79 Å². The van der Waals surface area contributed by atoms with Gasteiger partial charge in [-0.2, -0.15) is 0 Å². The summed E-state index contributed by atoms with van der Waals surface area (Å²) in [6, 6.07) is 7.42. The van der Waals surface area contributed by atoms with Gasteiger partial charge in [-0.1, -0.05) is 12.1 Å². The lowest BCUT2D eigenvalue weighted by atomic mass is 10.2. The lowest BCUT2D eigenvalue weighted by molar-refractivity contribution is -0.136. The number of fused-ring (bicyclic) bond motifs is 3. The number of aliphatic carboxylic acids is 1. The lowest BCUT2D eigenvalue weighted by Crippen LogP contribution is -1.97. The number of hydrogen-bond donors (Lipinski definition) is 3. The molecule has 2 heterocycles. The second-order valence-corrected chi connectivity index (χ2v) is 4.78. The highest BCUT2D eigenvalue weighted by molar-refractivity contribution is 7.71. The van der Waals surface area contributed by atoms with Gasteiger partial charge in [0.2, 0.25) is 10.7 Å². The highest BCUT2D eigenvalue weighted by Crippen LogP contribution is 2.25. The summed E-state index contributed by atoms with van der Waals surface area (Å²) < 4.78 is 1.66. The number of aromatic nitrogens is 3. The maximum Gasteiger partial charge on any atom is 0.303 e. The highest BCUT2D eigenvalue weighted by Gasteiger charge is 2.14. The Kier molecular flexibility index (Phi) is 2.90. The van der Waals surface area contributed by atoms with Gasteiger partial charge >= 0.3 is 5.97 Å². The summed E-state index contributed by atoms with van der Waals surface area (Å²) in [6.07, 6.45) is 0.130. The summed E-state index contributed by atoms with van der Waals surface area (Å²) in [5.74, 6) is -1.00. The van der Waals surface area contributed by atoms with Crippen LogP contribution in [0.5, 0.6) is 5.88 Å². The summed E-state index contributed by atoms with van der Waals surface area (Å²) in [5, 5.41) is 19.7. The molecule has 0 unspecified atom stereocenters. The molecule has 102 valence electrons. The van der Waals surface area contributed by atoms with Gasteiger partial charge in [0.15, 0.2) is 0 Å². The van der Waals surface area contributed by atoms with Gasteiger partial charge in [0.25, 0.3) is 0 Å². The number of aryl methyl sites for hydroxylation is 1. The van der Waals surface area contributed by atoms with Gasteiger partial charge in [0.1, 0.15) is 5.65 Å². The molecule has 3 aromatic rings. The standard InChI is InChI=1S/C13H11N3O3S/c17-10(18)6-5-9-12(19)16-11(14-9)7-3-1-2-4-8(7)15-13(16)20/h1-4,14,19H,5-6H2,(H,17,18). The van der Waals surface area contributed by atoms with Crippen molar-refractivity contribution in [3.8, 4) is 5.88 Å². The Morgan fingerprint density at radius 2 is 2.15 bits per heavy atom. The molecule has 7 heteroatoms. The van der Waals surface area contributed by atoms with Crippen LogP contribution < -0.4 is 0 Å².